The Morgan fingerprint density at radius 1 is 0.706 bits per heavy atom. The molecule has 1 aliphatic rings. The van der Waals surface area contributed by atoms with Gasteiger partial charge in [-0.3, -0.25) is 0 Å². The number of hydrogen-bond donors (Lipinski definition) is 0. The van der Waals surface area contributed by atoms with E-state index in [1.54, 1.807) is 18.2 Å². The van der Waals surface area contributed by atoms with E-state index in [1.807, 2.05) is 30.3 Å². The molecule has 17 heavy (non-hydrogen) atoms. The molecular weight excluding hydrogens is 216 g/mol. The molecule has 0 atom stereocenters. The normalized spacial score (nSPS) is 13.4. The lowest BCUT2D eigenvalue weighted by molar-refractivity contribution is 0.0385. The SMILES string of the molecule is O=C1OC(=O)c2cc1ccc2-c1ccccc1. The molecule has 3 heteroatoms. The first kappa shape index (κ1) is 9.78. The average molecular weight is 224 g/mol. The van der Waals surface area contributed by atoms with Crippen LogP contribution in [0.15, 0.2) is 48.5 Å². The Balaban J connectivity index is 2.22. The van der Waals surface area contributed by atoms with Crippen LogP contribution >= 0.6 is 0 Å². The predicted molar refractivity (Wildman–Crippen MR) is 61.6 cm³/mol. The van der Waals surface area contributed by atoms with E-state index in [2.05, 4.69) is 4.74 Å². The van der Waals surface area contributed by atoms with E-state index < -0.39 is 11.9 Å². The van der Waals surface area contributed by atoms with Gasteiger partial charge in [-0.15, -0.1) is 0 Å². The number of rotatable bonds is 1. The van der Waals surface area contributed by atoms with Crippen molar-refractivity contribution in [2.75, 3.05) is 0 Å². The van der Waals surface area contributed by atoms with E-state index in [4.69, 9.17) is 0 Å². The number of hydrogen-bond acceptors (Lipinski definition) is 3. The lowest BCUT2D eigenvalue weighted by Crippen LogP contribution is -2.19. The third kappa shape index (κ3) is 1.52. The Hall–Kier alpha value is -2.42. The van der Waals surface area contributed by atoms with Gasteiger partial charge in [0, 0.05) is 0 Å². The number of benzene rings is 2. The largest absolute Gasteiger partial charge is 0.386 e. The molecule has 0 unspecified atom stereocenters. The standard InChI is InChI=1S/C14H8O3/c15-13-10-6-7-11(9-4-2-1-3-5-9)12(8-10)14(16)17-13/h1-8H. The highest BCUT2D eigenvalue weighted by molar-refractivity contribution is 6.10. The summed E-state index contributed by atoms with van der Waals surface area (Å²) in [6, 6.07) is 14.6. The maximum absolute atomic E-state index is 11.6. The van der Waals surface area contributed by atoms with Crippen molar-refractivity contribution in [1.29, 1.82) is 0 Å². The first-order valence-electron chi connectivity index (χ1n) is 5.22. The predicted octanol–water partition coefficient (Wildman–Crippen LogP) is 2.66. The summed E-state index contributed by atoms with van der Waals surface area (Å²) in [6.45, 7) is 0. The highest BCUT2D eigenvalue weighted by Gasteiger charge is 2.25. The Morgan fingerprint density at radius 2 is 1.47 bits per heavy atom. The lowest BCUT2D eigenvalue weighted by Gasteiger charge is -2.14. The van der Waals surface area contributed by atoms with Crippen molar-refractivity contribution < 1.29 is 14.3 Å². The van der Waals surface area contributed by atoms with Crippen LogP contribution in [0.2, 0.25) is 0 Å². The zero-order valence-electron chi connectivity index (χ0n) is 8.84. The Labute approximate surface area is 97.6 Å². The van der Waals surface area contributed by atoms with E-state index in [0.29, 0.717) is 11.1 Å². The van der Waals surface area contributed by atoms with Gasteiger partial charge in [-0.25, -0.2) is 9.59 Å². The maximum Gasteiger partial charge on any atom is 0.346 e. The minimum absolute atomic E-state index is 0.416. The van der Waals surface area contributed by atoms with Gasteiger partial charge >= 0.3 is 11.9 Å². The summed E-state index contributed by atoms with van der Waals surface area (Å²) in [5.74, 6) is -1.16. The van der Waals surface area contributed by atoms with Gasteiger partial charge in [-0.05, 0) is 23.3 Å². The fourth-order valence-corrected chi connectivity index (χ4v) is 1.91. The van der Waals surface area contributed by atoms with Gasteiger partial charge in [0.05, 0.1) is 11.1 Å². The molecule has 0 saturated heterocycles. The van der Waals surface area contributed by atoms with Crippen LogP contribution in [0.1, 0.15) is 20.7 Å². The quantitative estimate of drug-likeness (QED) is 0.552. The molecule has 0 radical (unpaired) electrons. The molecule has 0 aromatic heterocycles. The smallest absolute Gasteiger partial charge is 0.346 e. The maximum atomic E-state index is 11.6. The van der Waals surface area contributed by atoms with Crippen LogP contribution in [0.5, 0.6) is 0 Å². The number of ether oxygens (including phenoxy) is 1. The molecule has 2 bridgehead atoms. The summed E-state index contributed by atoms with van der Waals surface area (Å²) in [7, 11) is 0. The molecule has 0 aliphatic carbocycles. The van der Waals surface area contributed by atoms with E-state index in [9.17, 15) is 9.59 Å². The molecule has 0 fully saturated rings. The summed E-state index contributed by atoms with van der Waals surface area (Å²) in [5, 5.41) is 0. The molecule has 3 rings (SSSR count). The number of carbonyl (C=O) groups is 2. The van der Waals surface area contributed by atoms with Crippen molar-refractivity contribution in [3.63, 3.8) is 0 Å². The van der Waals surface area contributed by atoms with E-state index >= 15 is 0 Å². The van der Waals surface area contributed by atoms with E-state index in [0.717, 1.165) is 11.1 Å². The Kier molecular flexibility index (Phi) is 2.05. The Bertz CT molecular complexity index is 615. The lowest BCUT2D eigenvalue weighted by atomic mass is 9.96. The van der Waals surface area contributed by atoms with Gasteiger partial charge in [-0.1, -0.05) is 36.4 Å². The number of cyclic esters (lactones) is 2. The van der Waals surface area contributed by atoms with Crippen molar-refractivity contribution >= 4 is 11.9 Å². The molecule has 2 aromatic rings. The molecular formula is C14H8O3. The number of esters is 2. The fourth-order valence-electron chi connectivity index (χ4n) is 1.91. The van der Waals surface area contributed by atoms with Crippen LogP contribution in [0.25, 0.3) is 11.1 Å². The summed E-state index contributed by atoms with van der Waals surface area (Å²) in [4.78, 5) is 22.9. The van der Waals surface area contributed by atoms with E-state index in [1.165, 1.54) is 0 Å². The molecule has 3 nitrogen and oxygen atoms in total. The van der Waals surface area contributed by atoms with Gasteiger partial charge in [0.2, 0.25) is 0 Å². The van der Waals surface area contributed by atoms with Crippen LogP contribution in [0.4, 0.5) is 0 Å². The van der Waals surface area contributed by atoms with Crippen molar-refractivity contribution in [2.24, 2.45) is 0 Å². The zero-order chi connectivity index (χ0) is 11.8. The number of carbonyl (C=O) groups excluding carboxylic acids is 2. The van der Waals surface area contributed by atoms with Crippen molar-refractivity contribution in [2.45, 2.75) is 0 Å². The topological polar surface area (TPSA) is 43.4 Å². The molecule has 1 aliphatic heterocycles. The van der Waals surface area contributed by atoms with Gasteiger partial charge in [0.15, 0.2) is 0 Å². The monoisotopic (exact) mass is 224 g/mol. The first-order valence-corrected chi connectivity index (χ1v) is 5.22. The molecule has 0 saturated carbocycles. The second kappa shape index (κ2) is 3.56. The molecule has 0 spiro atoms. The van der Waals surface area contributed by atoms with Gasteiger partial charge in [-0.2, -0.15) is 0 Å². The molecule has 0 N–H and O–H groups in total. The third-order valence-electron chi connectivity index (χ3n) is 2.75. The highest BCUT2D eigenvalue weighted by atomic mass is 16.6. The summed E-state index contributed by atoms with van der Waals surface area (Å²) in [6.07, 6.45) is 0. The van der Waals surface area contributed by atoms with Gasteiger partial charge < -0.3 is 4.74 Å². The second-order valence-corrected chi connectivity index (χ2v) is 3.80. The minimum atomic E-state index is -0.582. The summed E-state index contributed by atoms with van der Waals surface area (Å²) in [5.41, 5.74) is 2.57. The van der Waals surface area contributed by atoms with Crippen LogP contribution in [0.3, 0.4) is 0 Å². The zero-order valence-corrected chi connectivity index (χ0v) is 8.84. The molecule has 1 heterocycles. The van der Waals surface area contributed by atoms with Gasteiger partial charge in [0.1, 0.15) is 0 Å². The molecule has 2 aromatic carbocycles. The van der Waals surface area contributed by atoms with E-state index in [-0.39, 0.29) is 0 Å². The molecule has 82 valence electrons. The summed E-state index contributed by atoms with van der Waals surface area (Å²) < 4.78 is 4.65. The second-order valence-electron chi connectivity index (χ2n) is 3.80. The van der Waals surface area contributed by atoms with Crippen LogP contribution in [-0.4, -0.2) is 11.9 Å². The summed E-state index contributed by atoms with van der Waals surface area (Å²) >= 11 is 0. The van der Waals surface area contributed by atoms with Crippen LogP contribution in [-0.2, 0) is 4.74 Å². The Morgan fingerprint density at radius 3 is 2.24 bits per heavy atom. The minimum Gasteiger partial charge on any atom is -0.386 e. The van der Waals surface area contributed by atoms with Crippen LogP contribution in [0, 0.1) is 0 Å². The first-order chi connectivity index (χ1) is 8.25. The third-order valence-corrected chi connectivity index (χ3v) is 2.75. The van der Waals surface area contributed by atoms with Crippen molar-refractivity contribution in [3.05, 3.63) is 59.7 Å². The van der Waals surface area contributed by atoms with Crippen molar-refractivity contribution in [1.82, 2.24) is 0 Å². The van der Waals surface area contributed by atoms with Crippen molar-refractivity contribution in [3.8, 4) is 11.1 Å². The fraction of sp³-hybridized carbons (Fsp3) is 0. The number of fused-ring (bicyclic) bond motifs is 2. The van der Waals surface area contributed by atoms with Crippen LogP contribution < -0.4 is 0 Å². The average Bonchev–Trinajstić information content (AvgIpc) is 2.37. The highest BCUT2D eigenvalue weighted by Crippen LogP contribution is 2.28. The van der Waals surface area contributed by atoms with Gasteiger partial charge in [0.25, 0.3) is 0 Å². The molecule has 0 amide bonds.